The molecule has 0 aromatic carbocycles. The van der Waals surface area contributed by atoms with Crippen molar-refractivity contribution in [2.45, 2.75) is 16.3 Å². The molecule has 0 amide bonds. The minimum absolute atomic E-state index is 0.598. The van der Waals surface area contributed by atoms with Gasteiger partial charge in [-0.1, -0.05) is 0 Å². The predicted octanol–water partition coefficient (Wildman–Crippen LogP) is 1.68. The van der Waals surface area contributed by atoms with Crippen LogP contribution in [0.4, 0.5) is 5.82 Å². The largest absolute Gasteiger partial charge is 0.308 e. The average Bonchev–Trinajstić information content (AvgIpc) is 2.64. The minimum Gasteiger partial charge on any atom is -0.308 e. The summed E-state index contributed by atoms with van der Waals surface area (Å²) in [5.41, 5.74) is 3.50. The molecule has 0 saturated heterocycles. The first-order chi connectivity index (χ1) is 7.28. The van der Waals surface area contributed by atoms with Gasteiger partial charge in [-0.2, -0.15) is 0 Å². The first-order valence-corrected chi connectivity index (χ1v) is 5.86. The fourth-order valence-corrected chi connectivity index (χ4v) is 2.70. The molecule has 0 unspecified atom stereocenters. The molecule has 78 valence electrons. The van der Waals surface area contributed by atoms with Crippen molar-refractivity contribution < 1.29 is 0 Å². The quantitative estimate of drug-likeness (QED) is 0.482. The van der Waals surface area contributed by atoms with Gasteiger partial charge in [0.05, 0.1) is 0 Å². The van der Waals surface area contributed by atoms with Gasteiger partial charge in [-0.3, -0.25) is 0 Å². The molecule has 2 rings (SSSR count). The molecule has 7 heteroatoms. The molecule has 0 saturated carbocycles. The molecule has 3 N–H and O–H groups in total. The van der Waals surface area contributed by atoms with Crippen molar-refractivity contribution in [3.8, 4) is 0 Å². The van der Waals surface area contributed by atoms with Crippen LogP contribution in [0.1, 0.15) is 5.69 Å². The van der Waals surface area contributed by atoms with Crippen LogP contribution in [0.3, 0.4) is 0 Å². The van der Waals surface area contributed by atoms with E-state index >= 15 is 0 Å². The van der Waals surface area contributed by atoms with Gasteiger partial charge in [-0.15, -0.1) is 11.3 Å². The topological polar surface area (TPSA) is 76.7 Å². The molecule has 0 bridgehead atoms. The zero-order chi connectivity index (χ0) is 10.7. The Kier molecular flexibility index (Phi) is 3.14. The normalized spacial score (nSPS) is 10.3. The highest BCUT2D eigenvalue weighted by atomic mass is 32.2. The third kappa shape index (κ3) is 2.65. The molecule has 0 fully saturated rings. The number of nitrogens with two attached hydrogens (primary N) is 1. The fourth-order valence-electron chi connectivity index (χ4n) is 0.943. The lowest BCUT2D eigenvalue weighted by Gasteiger charge is -1.99. The zero-order valence-electron chi connectivity index (χ0n) is 7.97. The number of thiazole rings is 1. The Balaban J connectivity index is 2.16. The summed E-state index contributed by atoms with van der Waals surface area (Å²) in [5, 5.41) is 2.83. The molecular formula is C8H9N5S2. The highest BCUT2D eigenvalue weighted by Gasteiger charge is 2.03. The number of hydrogen-bond acceptors (Lipinski definition) is 7. The zero-order valence-corrected chi connectivity index (χ0v) is 9.60. The number of aromatic nitrogens is 3. The highest BCUT2D eigenvalue weighted by molar-refractivity contribution is 8.01. The standard InChI is InChI=1S/C8H9N5S2/c1-5-3-14-8(12-5)15-7-2-6(13-9)10-4-11-7/h2-4H,9H2,1H3,(H,10,11,13). The van der Waals surface area contributed by atoms with Crippen molar-refractivity contribution in [1.82, 2.24) is 15.0 Å². The second-order valence-corrected chi connectivity index (χ2v) is 4.87. The van der Waals surface area contributed by atoms with E-state index in [2.05, 4.69) is 20.4 Å². The van der Waals surface area contributed by atoms with E-state index in [0.717, 1.165) is 15.1 Å². The maximum absolute atomic E-state index is 5.25. The third-order valence-corrected chi connectivity index (χ3v) is 3.57. The molecule has 0 aliphatic rings. The minimum atomic E-state index is 0.598. The Labute approximate surface area is 95.1 Å². The molecule has 2 aromatic rings. The van der Waals surface area contributed by atoms with E-state index in [0.29, 0.717) is 5.82 Å². The Morgan fingerprint density at radius 3 is 3.00 bits per heavy atom. The fraction of sp³-hybridized carbons (Fsp3) is 0.125. The van der Waals surface area contributed by atoms with Crippen LogP contribution in [-0.2, 0) is 0 Å². The van der Waals surface area contributed by atoms with Crippen LogP contribution in [0.2, 0.25) is 0 Å². The molecule has 5 nitrogen and oxygen atoms in total. The maximum atomic E-state index is 5.25. The first kappa shape index (κ1) is 10.3. The van der Waals surface area contributed by atoms with Crippen LogP contribution in [0.15, 0.2) is 27.1 Å². The number of hydrazine groups is 1. The summed E-state index contributed by atoms with van der Waals surface area (Å²) in [4.78, 5) is 12.4. The third-order valence-electron chi connectivity index (χ3n) is 1.58. The number of nitrogens with one attached hydrogen (secondary N) is 1. The number of nitrogens with zero attached hydrogens (tertiary/aromatic N) is 3. The lowest BCUT2D eigenvalue weighted by atomic mass is 10.6. The van der Waals surface area contributed by atoms with E-state index in [-0.39, 0.29) is 0 Å². The van der Waals surface area contributed by atoms with Crippen LogP contribution >= 0.6 is 23.1 Å². The molecule has 15 heavy (non-hydrogen) atoms. The van der Waals surface area contributed by atoms with Crippen molar-refractivity contribution in [2.75, 3.05) is 5.43 Å². The van der Waals surface area contributed by atoms with Gasteiger partial charge in [0, 0.05) is 17.1 Å². The van der Waals surface area contributed by atoms with Gasteiger partial charge in [-0.05, 0) is 18.7 Å². The monoisotopic (exact) mass is 239 g/mol. The van der Waals surface area contributed by atoms with E-state index in [4.69, 9.17) is 5.84 Å². The molecule has 2 heterocycles. The Hall–Kier alpha value is -1.18. The molecule has 0 spiro atoms. The number of anilines is 1. The van der Waals surface area contributed by atoms with E-state index in [1.54, 1.807) is 17.4 Å². The van der Waals surface area contributed by atoms with Gasteiger partial charge >= 0.3 is 0 Å². The van der Waals surface area contributed by atoms with Gasteiger partial charge in [0.15, 0.2) is 4.34 Å². The van der Waals surface area contributed by atoms with Crippen molar-refractivity contribution in [3.63, 3.8) is 0 Å². The molecule has 0 atom stereocenters. The van der Waals surface area contributed by atoms with Crippen LogP contribution in [-0.4, -0.2) is 15.0 Å². The average molecular weight is 239 g/mol. The van der Waals surface area contributed by atoms with E-state index in [1.165, 1.54) is 18.1 Å². The number of rotatable bonds is 3. The molecule has 0 aliphatic carbocycles. The van der Waals surface area contributed by atoms with Crippen LogP contribution in [0, 0.1) is 6.92 Å². The van der Waals surface area contributed by atoms with Gasteiger partial charge in [0.25, 0.3) is 0 Å². The lowest BCUT2D eigenvalue weighted by molar-refractivity contribution is 1.03. The molecule has 0 radical (unpaired) electrons. The van der Waals surface area contributed by atoms with Gasteiger partial charge in [-0.25, -0.2) is 20.8 Å². The second-order valence-electron chi connectivity index (χ2n) is 2.74. The predicted molar refractivity (Wildman–Crippen MR) is 60.8 cm³/mol. The Bertz CT molecular complexity index is 456. The first-order valence-electron chi connectivity index (χ1n) is 4.16. The lowest BCUT2D eigenvalue weighted by Crippen LogP contribution is -2.08. The Morgan fingerprint density at radius 1 is 1.47 bits per heavy atom. The summed E-state index contributed by atoms with van der Waals surface area (Å²) >= 11 is 3.10. The summed E-state index contributed by atoms with van der Waals surface area (Å²) in [6.07, 6.45) is 1.47. The van der Waals surface area contributed by atoms with Crippen LogP contribution in [0.25, 0.3) is 0 Å². The van der Waals surface area contributed by atoms with Crippen molar-refractivity contribution in [2.24, 2.45) is 5.84 Å². The summed E-state index contributed by atoms with van der Waals surface area (Å²) in [7, 11) is 0. The van der Waals surface area contributed by atoms with Gasteiger partial charge in [0.2, 0.25) is 0 Å². The SMILES string of the molecule is Cc1csc(Sc2cc(NN)ncn2)n1. The van der Waals surface area contributed by atoms with E-state index < -0.39 is 0 Å². The number of hydrogen-bond donors (Lipinski definition) is 2. The van der Waals surface area contributed by atoms with E-state index in [9.17, 15) is 0 Å². The maximum Gasteiger partial charge on any atom is 0.156 e. The summed E-state index contributed by atoms with van der Waals surface area (Å²) in [5.74, 6) is 5.85. The van der Waals surface area contributed by atoms with Crippen molar-refractivity contribution in [3.05, 3.63) is 23.5 Å². The van der Waals surface area contributed by atoms with Crippen LogP contribution in [0.5, 0.6) is 0 Å². The smallest absolute Gasteiger partial charge is 0.156 e. The summed E-state index contributed by atoms with van der Waals surface area (Å²) in [6.45, 7) is 1.97. The summed E-state index contributed by atoms with van der Waals surface area (Å²) < 4.78 is 0.967. The highest BCUT2D eigenvalue weighted by Crippen LogP contribution is 2.29. The summed E-state index contributed by atoms with van der Waals surface area (Å²) in [6, 6.07) is 1.78. The van der Waals surface area contributed by atoms with Crippen LogP contribution < -0.4 is 11.3 Å². The number of aryl methyl sites for hydroxylation is 1. The molecular weight excluding hydrogens is 230 g/mol. The van der Waals surface area contributed by atoms with Gasteiger partial charge < -0.3 is 5.43 Å². The van der Waals surface area contributed by atoms with E-state index in [1.807, 2.05) is 12.3 Å². The van der Waals surface area contributed by atoms with Crippen molar-refractivity contribution in [1.29, 1.82) is 0 Å². The number of nitrogen functional groups attached to an aromatic ring is 1. The molecule has 2 aromatic heterocycles. The second kappa shape index (κ2) is 4.56. The van der Waals surface area contributed by atoms with Gasteiger partial charge in [0.1, 0.15) is 17.2 Å². The van der Waals surface area contributed by atoms with Crippen molar-refractivity contribution >= 4 is 28.9 Å². The Morgan fingerprint density at radius 2 is 2.33 bits per heavy atom. The molecule has 0 aliphatic heterocycles.